The van der Waals surface area contributed by atoms with Crippen molar-refractivity contribution in [1.82, 2.24) is 9.88 Å². The minimum absolute atomic E-state index is 0.199. The molecular formula is C14H15N3O2S. The van der Waals surface area contributed by atoms with Crippen LogP contribution >= 0.6 is 11.3 Å². The lowest BCUT2D eigenvalue weighted by Crippen LogP contribution is -2.33. The van der Waals surface area contributed by atoms with Gasteiger partial charge < -0.3 is 10.0 Å². The molecule has 0 aliphatic carbocycles. The number of nitrogens with zero attached hydrogens (tertiary/aromatic N) is 2. The van der Waals surface area contributed by atoms with Crippen molar-refractivity contribution in [3.8, 4) is 10.4 Å². The van der Waals surface area contributed by atoms with Gasteiger partial charge in [0.2, 0.25) is 0 Å². The van der Waals surface area contributed by atoms with E-state index in [0.717, 1.165) is 10.4 Å². The summed E-state index contributed by atoms with van der Waals surface area (Å²) in [5.74, 6) is 0. The topological polar surface area (TPSA) is 65.5 Å². The zero-order valence-corrected chi connectivity index (χ0v) is 11.6. The van der Waals surface area contributed by atoms with Crippen molar-refractivity contribution in [3.63, 3.8) is 0 Å². The fourth-order valence-electron chi connectivity index (χ4n) is 2.16. The normalized spacial score (nSPS) is 18.2. The van der Waals surface area contributed by atoms with Crippen LogP contribution in [0.25, 0.3) is 10.4 Å². The van der Waals surface area contributed by atoms with Gasteiger partial charge in [0.15, 0.2) is 5.13 Å². The fraction of sp³-hybridized carbons (Fsp3) is 0.286. The third-order valence-electron chi connectivity index (χ3n) is 3.23. The number of hydrogen-bond acceptors (Lipinski definition) is 4. The highest BCUT2D eigenvalue weighted by Crippen LogP contribution is 2.28. The van der Waals surface area contributed by atoms with Gasteiger partial charge in [-0.25, -0.2) is 9.78 Å². The summed E-state index contributed by atoms with van der Waals surface area (Å²) in [4.78, 5) is 18.8. The molecule has 1 aromatic heterocycles. The summed E-state index contributed by atoms with van der Waals surface area (Å²) in [5, 5.41) is 12.8. The molecule has 0 bridgehead atoms. The Morgan fingerprint density at radius 3 is 2.90 bits per heavy atom. The highest BCUT2D eigenvalue weighted by Gasteiger charge is 2.24. The van der Waals surface area contributed by atoms with Crippen LogP contribution in [0.5, 0.6) is 0 Å². The van der Waals surface area contributed by atoms with Crippen LogP contribution in [0.3, 0.4) is 0 Å². The summed E-state index contributed by atoms with van der Waals surface area (Å²) in [6, 6.07) is 9.73. The zero-order chi connectivity index (χ0) is 13.9. The number of carbonyl (C=O) groups is 1. The quantitative estimate of drug-likeness (QED) is 0.892. The van der Waals surface area contributed by atoms with Crippen molar-refractivity contribution in [2.45, 2.75) is 12.5 Å². The molecule has 104 valence electrons. The summed E-state index contributed by atoms with van der Waals surface area (Å²) >= 11 is 1.44. The van der Waals surface area contributed by atoms with Gasteiger partial charge in [0.25, 0.3) is 0 Å². The van der Waals surface area contributed by atoms with Gasteiger partial charge in [0.05, 0.1) is 11.0 Å². The molecule has 0 saturated carbocycles. The number of amides is 2. The number of aromatic nitrogens is 1. The number of β-amino-alcohol motifs (C(OH)–C–C–N with tert-alkyl or cyclic N) is 1. The Bertz CT molecular complexity index is 599. The van der Waals surface area contributed by atoms with Gasteiger partial charge in [-0.1, -0.05) is 41.7 Å². The number of benzene rings is 1. The van der Waals surface area contributed by atoms with Gasteiger partial charge in [0.1, 0.15) is 0 Å². The van der Waals surface area contributed by atoms with Gasteiger partial charge in [-0.05, 0) is 12.0 Å². The first kappa shape index (κ1) is 13.1. The predicted molar refractivity (Wildman–Crippen MR) is 78.8 cm³/mol. The SMILES string of the molecule is O=C(Nc1ncc(-c2ccccc2)s1)N1CC[C@H](O)C1. The van der Waals surface area contributed by atoms with Crippen molar-refractivity contribution < 1.29 is 9.90 Å². The largest absolute Gasteiger partial charge is 0.391 e. The molecule has 2 aromatic rings. The number of hydrogen-bond donors (Lipinski definition) is 2. The van der Waals surface area contributed by atoms with E-state index in [1.165, 1.54) is 11.3 Å². The number of urea groups is 1. The number of nitrogens with one attached hydrogen (secondary N) is 1. The molecule has 1 saturated heterocycles. The second kappa shape index (κ2) is 5.60. The van der Waals surface area contributed by atoms with Crippen LogP contribution in [-0.4, -0.2) is 40.2 Å². The van der Waals surface area contributed by atoms with E-state index in [4.69, 9.17) is 0 Å². The molecule has 3 rings (SSSR count). The van der Waals surface area contributed by atoms with Crippen molar-refractivity contribution >= 4 is 22.5 Å². The molecule has 0 radical (unpaired) electrons. The Labute approximate surface area is 120 Å². The summed E-state index contributed by atoms with van der Waals surface area (Å²) in [6.07, 6.45) is 1.99. The van der Waals surface area contributed by atoms with Crippen LogP contribution in [0.2, 0.25) is 0 Å². The van der Waals surface area contributed by atoms with Crippen LogP contribution in [0, 0.1) is 0 Å². The van der Waals surface area contributed by atoms with Crippen LogP contribution in [-0.2, 0) is 0 Å². The van der Waals surface area contributed by atoms with E-state index in [2.05, 4.69) is 10.3 Å². The first-order chi connectivity index (χ1) is 9.72. The Morgan fingerprint density at radius 2 is 2.20 bits per heavy atom. The second-order valence-electron chi connectivity index (χ2n) is 4.71. The van der Waals surface area contributed by atoms with E-state index in [1.807, 2.05) is 30.3 Å². The van der Waals surface area contributed by atoms with E-state index in [9.17, 15) is 9.90 Å². The van der Waals surface area contributed by atoms with Crippen LogP contribution in [0.15, 0.2) is 36.5 Å². The molecule has 2 heterocycles. The Kier molecular flexibility index (Phi) is 3.66. The van der Waals surface area contributed by atoms with E-state index < -0.39 is 6.10 Å². The van der Waals surface area contributed by atoms with Gasteiger partial charge in [-0.15, -0.1) is 0 Å². The maximum absolute atomic E-state index is 12.0. The monoisotopic (exact) mass is 289 g/mol. The number of thiazole rings is 1. The summed E-state index contributed by atoms with van der Waals surface area (Å²) < 4.78 is 0. The van der Waals surface area contributed by atoms with Crippen molar-refractivity contribution in [3.05, 3.63) is 36.5 Å². The average molecular weight is 289 g/mol. The average Bonchev–Trinajstić information content (AvgIpc) is 3.09. The minimum Gasteiger partial charge on any atom is -0.391 e. The molecule has 0 unspecified atom stereocenters. The summed E-state index contributed by atoms with van der Waals surface area (Å²) in [6.45, 7) is 0.979. The molecule has 0 spiro atoms. The maximum atomic E-state index is 12.0. The lowest BCUT2D eigenvalue weighted by Gasteiger charge is -2.14. The first-order valence-electron chi connectivity index (χ1n) is 6.47. The van der Waals surface area contributed by atoms with Crippen molar-refractivity contribution in [2.75, 3.05) is 18.4 Å². The standard InChI is InChI=1S/C14H15N3O2S/c18-11-6-7-17(9-11)14(19)16-13-15-8-12(20-13)10-4-2-1-3-5-10/h1-5,8,11,18H,6-7,9H2,(H,15,16,19)/t11-/m0/s1. The van der Waals surface area contributed by atoms with E-state index in [1.54, 1.807) is 11.1 Å². The lowest BCUT2D eigenvalue weighted by molar-refractivity contribution is 0.176. The molecule has 2 N–H and O–H groups in total. The van der Waals surface area contributed by atoms with E-state index in [-0.39, 0.29) is 6.03 Å². The Balaban J connectivity index is 1.67. The molecule has 1 aliphatic heterocycles. The molecular weight excluding hydrogens is 274 g/mol. The number of aliphatic hydroxyl groups excluding tert-OH is 1. The Morgan fingerprint density at radius 1 is 1.40 bits per heavy atom. The van der Waals surface area contributed by atoms with E-state index >= 15 is 0 Å². The molecule has 5 nitrogen and oxygen atoms in total. The lowest BCUT2D eigenvalue weighted by atomic mass is 10.2. The van der Waals surface area contributed by atoms with Gasteiger partial charge in [-0.3, -0.25) is 5.32 Å². The smallest absolute Gasteiger partial charge is 0.323 e. The van der Waals surface area contributed by atoms with Crippen LogP contribution in [0.4, 0.5) is 9.93 Å². The predicted octanol–water partition coefficient (Wildman–Crippen LogP) is 2.41. The highest BCUT2D eigenvalue weighted by molar-refractivity contribution is 7.19. The van der Waals surface area contributed by atoms with Gasteiger partial charge in [-0.2, -0.15) is 0 Å². The molecule has 6 heteroatoms. The number of aliphatic hydroxyl groups is 1. The van der Waals surface area contributed by atoms with Crippen molar-refractivity contribution in [1.29, 1.82) is 0 Å². The third-order valence-corrected chi connectivity index (χ3v) is 4.19. The van der Waals surface area contributed by atoms with Gasteiger partial charge in [0, 0.05) is 19.3 Å². The first-order valence-corrected chi connectivity index (χ1v) is 7.29. The van der Waals surface area contributed by atoms with E-state index in [0.29, 0.717) is 24.6 Å². The van der Waals surface area contributed by atoms with Gasteiger partial charge >= 0.3 is 6.03 Å². The number of likely N-dealkylation sites (tertiary alicyclic amines) is 1. The Hall–Kier alpha value is -1.92. The number of anilines is 1. The minimum atomic E-state index is -0.406. The molecule has 1 aromatic carbocycles. The molecule has 2 amide bonds. The highest BCUT2D eigenvalue weighted by atomic mass is 32.1. The second-order valence-corrected chi connectivity index (χ2v) is 5.75. The van der Waals surface area contributed by atoms with Crippen LogP contribution < -0.4 is 5.32 Å². The zero-order valence-electron chi connectivity index (χ0n) is 10.8. The molecule has 20 heavy (non-hydrogen) atoms. The summed E-state index contributed by atoms with van der Waals surface area (Å²) in [7, 11) is 0. The molecule has 1 aliphatic rings. The fourth-order valence-corrected chi connectivity index (χ4v) is 2.98. The molecule has 1 atom stereocenters. The van der Waals surface area contributed by atoms with Crippen molar-refractivity contribution in [2.24, 2.45) is 0 Å². The summed E-state index contributed by atoms with van der Waals surface area (Å²) in [5.41, 5.74) is 1.09. The number of carbonyl (C=O) groups excluding carboxylic acids is 1. The third kappa shape index (κ3) is 2.81. The van der Waals surface area contributed by atoms with Crippen LogP contribution in [0.1, 0.15) is 6.42 Å². The maximum Gasteiger partial charge on any atom is 0.323 e. The molecule has 1 fully saturated rings. The number of rotatable bonds is 2.